The van der Waals surface area contributed by atoms with Gasteiger partial charge in [-0.05, 0) is 42.3 Å². The summed E-state index contributed by atoms with van der Waals surface area (Å²) in [5.74, 6) is 3.20. The number of hydrazone groups is 1. The highest BCUT2D eigenvalue weighted by Crippen LogP contribution is 2.32. The summed E-state index contributed by atoms with van der Waals surface area (Å²) in [6.45, 7) is 2.97. The van der Waals surface area contributed by atoms with Crippen LogP contribution in [0.3, 0.4) is 0 Å². The van der Waals surface area contributed by atoms with E-state index in [1.54, 1.807) is 21.3 Å². The smallest absolute Gasteiger partial charge is 0.161 e. The molecule has 1 heterocycles. The Morgan fingerprint density at radius 2 is 1.74 bits per heavy atom. The quantitative estimate of drug-likeness (QED) is 0.706. The average molecular weight is 387 g/mol. The van der Waals surface area contributed by atoms with Gasteiger partial charge in [-0.15, -0.1) is 11.8 Å². The van der Waals surface area contributed by atoms with E-state index in [-0.39, 0.29) is 0 Å². The summed E-state index contributed by atoms with van der Waals surface area (Å²) in [5, 5.41) is 7.46. The molecule has 144 valence electrons. The molecule has 0 fully saturated rings. The molecular weight excluding hydrogens is 360 g/mol. The molecule has 1 aliphatic rings. The molecule has 2 aromatic carbocycles. The normalized spacial score (nSPS) is 16.7. The van der Waals surface area contributed by atoms with Gasteiger partial charge in [-0.25, -0.2) is 0 Å². The van der Waals surface area contributed by atoms with Gasteiger partial charge in [0.15, 0.2) is 11.5 Å². The Morgan fingerprint density at radius 3 is 2.37 bits per heavy atom. The largest absolute Gasteiger partial charge is 0.497 e. The topological polar surface area (TPSA) is 43.3 Å². The van der Waals surface area contributed by atoms with Crippen molar-refractivity contribution < 1.29 is 14.2 Å². The van der Waals surface area contributed by atoms with Gasteiger partial charge in [-0.3, -0.25) is 5.01 Å². The molecule has 1 unspecified atom stereocenters. The second-order valence-electron chi connectivity index (χ2n) is 6.26. The minimum Gasteiger partial charge on any atom is -0.497 e. The van der Waals surface area contributed by atoms with Gasteiger partial charge in [-0.1, -0.05) is 19.1 Å². The fraction of sp³-hybridized carbons (Fsp3) is 0.381. The van der Waals surface area contributed by atoms with Crippen LogP contribution in [0.2, 0.25) is 0 Å². The third kappa shape index (κ3) is 4.50. The summed E-state index contributed by atoms with van der Waals surface area (Å²) < 4.78 is 16.1. The molecule has 0 bridgehead atoms. The van der Waals surface area contributed by atoms with Gasteiger partial charge in [0.05, 0.1) is 44.7 Å². The number of ether oxygens (including phenoxy) is 3. The maximum absolute atomic E-state index is 5.47. The molecule has 0 saturated heterocycles. The van der Waals surface area contributed by atoms with Crippen molar-refractivity contribution in [3.63, 3.8) is 0 Å². The zero-order valence-corrected chi connectivity index (χ0v) is 17.1. The van der Waals surface area contributed by atoms with Crippen molar-refractivity contribution in [3.8, 4) is 17.2 Å². The number of nitrogens with zero attached hydrogens (tertiary/aromatic N) is 2. The predicted octanol–water partition coefficient (Wildman–Crippen LogP) is 4.40. The second-order valence-corrected chi connectivity index (χ2v) is 7.42. The van der Waals surface area contributed by atoms with Crippen LogP contribution in [0.5, 0.6) is 17.2 Å². The van der Waals surface area contributed by atoms with Gasteiger partial charge < -0.3 is 14.2 Å². The highest BCUT2D eigenvalue weighted by Gasteiger charge is 2.24. The van der Waals surface area contributed by atoms with E-state index in [4.69, 9.17) is 19.3 Å². The molecule has 27 heavy (non-hydrogen) atoms. The molecule has 0 aliphatic carbocycles. The molecule has 0 N–H and O–H groups in total. The zero-order chi connectivity index (χ0) is 19.2. The third-order valence-electron chi connectivity index (χ3n) is 4.55. The second kappa shape index (κ2) is 9.04. The first-order valence-corrected chi connectivity index (χ1v) is 10.0. The molecule has 5 nitrogen and oxygen atoms in total. The van der Waals surface area contributed by atoms with Crippen LogP contribution >= 0.6 is 11.8 Å². The first-order chi connectivity index (χ1) is 13.2. The molecule has 0 amide bonds. The van der Waals surface area contributed by atoms with Gasteiger partial charge >= 0.3 is 0 Å². The van der Waals surface area contributed by atoms with Crippen LogP contribution in [0.1, 0.15) is 24.5 Å². The van der Waals surface area contributed by atoms with Crippen molar-refractivity contribution in [2.24, 2.45) is 5.10 Å². The van der Waals surface area contributed by atoms with E-state index in [0.717, 1.165) is 47.4 Å². The molecule has 2 aromatic rings. The Hall–Kier alpha value is -2.34. The lowest BCUT2D eigenvalue weighted by Gasteiger charge is -2.30. The fourth-order valence-corrected chi connectivity index (χ4v) is 4.15. The standard InChI is InChI=1S/C21H26N2O3S/c1-5-20-21(16-8-11-18(25-3)19(12-16)26-4)22-23(14-27-20)13-15-6-9-17(24-2)10-7-15/h6-12,20H,5,13-14H2,1-4H3. The highest BCUT2D eigenvalue weighted by molar-refractivity contribution is 8.00. The fourth-order valence-electron chi connectivity index (χ4n) is 3.07. The van der Waals surface area contributed by atoms with Crippen LogP contribution in [0, 0.1) is 0 Å². The van der Waals surface area contributed by atoms with E-state index < -0.39 is 0 Å². The third-order valence-corrected chi connectivity index (χ3v) is 5.96. The van der Waals surface area contributed by atoms with Crippen LogP contribution in [0.15, 0.2) is 47.6 Å². The number of hydrogen-bond donors (Lipinski definition) is 0. The Balaban J connectivity index is 1.86. The molecule has 1 atom stereocenters. The molecule has 0 saturated carbocycles. The van der Waals surface area contributed by atoms with E-state index in [9.17, 15) is 0 Å². The highest BCUT2D eigenvalue weighted by atomic mass is 32.2. The lowest BCUT2D eigenvalue weighted by molar-refractivity contribution is 0.327. The van der Waals surface area contributed by atoms with Crippen LogP contribution in [-0.4, -0.2) is 43.2 Å². The number of hydrogen-bond acceptors (Lipinski definition) is 6. The van der Waals surface area contributed by atoms with Crippen LogP contribution in [0.25, 0.3) is 0 Å². The molecule has 6 heteroatoms. The molecule has 0 spiro atoms. The van der Waals surface area contributed by atoms with Crippen molar-refractivity contribution in [1.82, 2.24) is 5.01 Å². The summed E-state index contributed by atoms with van der Waals surface area (Å²) in [5.41, 5.74) is 3.37. The van der Waals surface area contributed by atoms with E-state index >= 15 is 0 Å². The maximum Gasteiger partial charge on any atom is 0.161 e. The Bertz CT molecular complexity index is 793. The first-order valence-electron chi connectivity index (χ1n) is 8.98. The summed E-state index contributed by atoms with van der Waals surface area (Å²) in [6, 6.07) is 14.1. The van der Waals surface area contributed by atoms with E-state index in [2.05, 4.69) is 30.1 Å². The Kier molecular flexibility index (Phi) is 6.50. The van der Waals surface area contributed by atoms with Crippen molar-refractivity contribution >= 4 is 17.5 Å². The van der Waals surface area contributed by atoms with Gasteiger partial charge in [-0.2, -0.15) is 5.10 Å². The van der Waals surface area contributed by atoms with E-state index in [1.165, 1.54) is 5.56 Å². The number of benzene rings is 2. The minimum atomic E-state index is 0.371. The van der Waals surface area contributed by atoms with Crippen molar-refractivity contribution in [2.75, 3.05) is 27.2 Å². The van der Waals surface area contributed by atoms with Gasteiger partial charge in [0.25, 0.3) is 0 Å². The number of thioether (sulfide) groups is 1. The molecular formula is C21H26N2O3S. The molecule has 1 aliphatic heterocycles. The lowest BCUT2D eigenvalue weighted by Crippen LogP contribution is -2.31. The van der Waals surface area contributed by atoms with Crippen molar-refractivity contribution in [1.29, 1.82) is 0 Å². The summed E-state index contributed by atoms with van der Waals surface area (Å²) in [6.07, 6.45) is 1.04. The average Bonchev–Trinajstić information content (AvgIpc) is 2.73. The van der Waals surface area contributed by atoms with Crippen molar-refractivity contribution in [2.45, 2.75) is 25.1 Å². The Morgan fingerprint density at radius 1 is 1.00 bits per heavy atom. The van der Waals surface area contributed by atoms with Gasteiger partial charge in [0.2, 0.25) is 0 Å². The van der Waals surface area contributed by atoms with Crippen LogP contribution < -0.4 is 14.2 Å². The summed E-state index contributed by atoms with van der Waals surface area (Å²) >= 11 is 1.92. The van der Waals surface area contributed by atoms with Gasteiger partial charge in [0, 0.05) is 5.56 Å². The lowest BCUT2D eigenvalue weighted by atomic mass is 10.0. The molecule has 0 radical (unpaired) electrons. The number of methoxy groups -OCH3 is 3. The van der Waals surface area contributed by atoms with Crippen LogP contribution in [0.4, 0.5) is 0 Å². The Labute approximate surface area is 165 Å². The predicted molar refractivity (Wildman–Crippen MR) is 111 cm³/mol. The van der Waals surface area contributed by atoms with E-state index in [1.807, 2.05) is 36.0 Å². The molecule has 3 rings (SSSR count). The first kappa shape index (κ1) is 19.4. The molecule has 0 aromatic heterocycles. The SMILES string of the molecule is CCC1SCN(Cc2ccc(OC)cc2)N=C1c1ccc(OC)c(OC)c1. The summed E-state index contributed by atoms with van der Waals surface area (Å²) in [4.78, 5) is 0. The monoisotopic (exact) mass is 386 g/mol. The summed E-state index contributed by atoms with van der Waals surface area (Å²) in [7, 11) is 4.99. The minimum absolute atomic E-state index is 0.371. The van der Waals surface area contributed by atoms with Crippen LogP contribution in [-0.2, 0) is 6.54 Å². The van der Waals surface area contributed by atoms with E-state index in [0.29, 0.717) is 5.25 Å². The van der Waals surface area contributed by atoms with Gasteiger partial charge in [0.1, 0.15) is 5.75 Å². The maximum atomic E-state index is 5.47. The van der Waals surface area contributed by atoms with Crippen molar-refractivity contribution in [3.05, 3.63) is 53.6 Å². The zero-order valence-electron chi connectivity index (χ0n) is 16.3. The number of rotatable bonds is 7.